The van der Waals surface area contributed by atoms with Gasteiger partial charge in [0, 0.05) is 38.9 Å². The van der Waals surface area contributed by atoms with Gasteiger partial charge in [0.2, 0.25) is 0 Å². The Hall–Kier alpha value is -7.68. The summed E-state index contributed by atoms with van der Waals surface area (Å²) >= 11 is 0. The van der Waals surface area contributed by atoms with Crippen molar-refractivity contribution in [2.24, 2.45) is 0 Å². The topological polar surface area (TPSA) is 8.17 Å². The molecule has 0 unspecified atom stereocenters. The van der Waals surface area contributed by atoms with Gasteiger partial charge in [-0.05, 0) is 104 Å². The summed E-state index contributed by atoms with van der Waals surface area (Å²) in [5.74, 6) is 0. The van der Waals surface area contributed by atoms with Gasteiger partial charge in [0.1, 0.15) is 0 Å². The molecule has 0 spiro atoms. The van der Waals surface area contributed by atoms with Crippen molar-refractivity contribution in [3.05, 3.63) is 231 Å². The maximum Gasteiger partial charge on any atom is 0.0619 e. The summed E-state index contributed by atoms with van der Waals surface area (Å²) in [4.78, 5) is 2.39. The van der Waals surface area contributed by atoms with Gasteiger partial charge in [-0.15, -0.1) is 0 Å². The van der Waals surface area contributed by atoms with Crippen molar-refractivity contribution in [2.45, 2.75) is 0 Å². The fourth-order valence-corrected chi connectivity index (χ4v) is 8.88. The van der Waals surface area contributed by atoms with Gasteiger partial charge in [0.05, 0.1) is 11.0 Å². The van der Waals surface area contributed by atoms with E-state index in [-0.39, 0.29) is 0 Å². The number of benzene rings is 10. The molecule has 58 heavy (non-hydrogen) atoms. The maximum atomic E-state index is 2.44. The molecule has 0 saturated heterocycles. The van der Waals surface area contributed by atoms with E-state index in [0.717, 1.165) is 22.7 Å². The highest BCUT2D eigenvalue weighted by Gasteiger charge is 2.20. The SMILES string of the molecule is c1ccc(-c2ccccc2-c2ccc(N(c3cccc(-c4cccc5c4c4ccc6ccccc6c4n5-c4ccccc4)c3)c3ccc4ccccc4c3)cc2)cc1. The third kappa shape index (κ3) is 5.74. The fraction of sp³-hybridized carbons (Fsp3) is 0. The van der Waals surface area contributed by atoms with E-state index in [2.05, 4.69) is 240 Å². The van der Waals surface area contributed by atoms with E-state index >= 15 is 0 Å². The molecule has 1 aromatic heterocycles. The minimum Gasteiger partial charge on any atom is -0.310 e. The van der Waals surface area contributed by atoms with Gasteiger partial charge < -0.3 is 9.47 Å². The van der Waals surface area contributed by atoms with Gasteiger partial charge in [-0.3, -0.25) is 0 Å². The molecule has 0 bridgehead atoms. The highest BCUT2D eigenvalue weighted by atomic mass is 15.1. The van der Waals surface area contributed by atoms with Crippen molar-refractivity contribution in [3.8, 4) is 39.1 Å². The van der Waals surface area contributed by atoms with Gasteiger partial charge >= 0.3 is 0 Å². The molecule has 0 saturated carbocycles. The lowest BCUT2D eigenvalue weighted by atomic mass is 9.94. The Morgan fingerprint density at radius 3 is 1.67 bits per heavy atom. The molecule has 0 atom stereocenters. The Kier molecular flexibility index (Phi) is 8.19. The van der Waals surface area contributed by atoms with Crippen LogP contribution in [-0.4, -0.2) is 4.57 Å². The van der Waals surface area contributed by atoms with Crippen molar-refractivity contribution < 1.29 is 0 Å². The minimum atomic E-state index is 1.10. The van der Waals surface area contributed by atoms with Crippen molar-refractivity contribution >= 4 is 60.4 Å². The van der Waals surface area contributed by atoms with Gasteiger partial charge in [-0.1, -0.05) is 176 Å². The molecule has 10 aromatic carbocycles. The van der Waals surface area contributed by atoms with Crippen LogP contribution in [0.2, 0.25) is 0 Å². The number of nitrogens with zero attached hydrogens (tertiary/aromatic N) is 2. The number of hydrogen-bond donors (Lipinski definition) is 0. The average Bonchev–Trinajstić information content (AvgIpc) is 3.65. The fourth-order valence-electron chi connectivity index (χ4n) is 8.88. The molecule has 272 valence electrons. The second-order valence-electron chi connectivity index (χ2n) is 14.9. The first-order valence-corrected chi connectivity index (χ1v) is 19.9. The van der Waals surface area contributed by atoms with Crippen LogP contribution in [0, 0.1) is 0 Å². The molecule has 11 rings (SSSR count). The Labute approximate surface area is 338 Å². The molecule has 0 aliphatic heterocycles. The van der Waals surface area contributed by atoms with E-state index in [1.165, 1.54) is 76.7 Å². The Balaban J connectivity index is 1.09. The number of hydrogen-bond acceptors (Lipinski definition) is 1. The third-order valence-electron chi connectivity index (χ3n) is 11.5. The van der Waals surface area contributed by atoms with Crippen LogP contribution in [0.5, 0.6) is 0 Å². The summed E-state index contributed by atoms with van der Waals surface area (Å²) in [6.45, 7) is 0. The smallest absolute Gasteiger partial charge is 0.0619 e. The molecule has 0 aliphatic rings. The molecule has 2 heteroatoms. The second kappa shape index (κ2) is 14.1. The summed E-state index contributed by atoms with van der Waals surface area (Å²) in [6, 6.07) is 83.6. The Morgan fingerprint density at radius 2 is 0.879 bits per heavy atom. The first-order valence-electron chi connectivity index (χ1n) is 19.9. The molecule has 2 nitrogen and oxygen atoms in total. The van der Waals surface area contributed by atoms with Crippen molar-refractivity contribution in [2.75, 3.05) is 4.90 Å². The maximum absolute atomic E-state index is 2.44. The summed E-state index contributed by atoms with van der Waals surface area (Å²) in [5, 5.41) is 7.41. The Morgan fingerprint density at radius 1 is 0.310 bits per heavy atom. The van der Waals surface area contributed by atoms with E-state index < -0.39 is 0 Å². The van der Waals surface area contributed by atoms with Crippen molar-refractivity contribution in [1.29, 1.82) is 0 Å². The highest BCUT2D eigenvalue weighted by molar-refractivity contribution is 6.22. The van der Waals surface area contributed by atoms with Crippen molar-refractivity contribution in [3.63, 3.8) is 0 Å². The van der Waals surface area contributed by atoms with Crippen LogP contribution in [0.4, 0.5) is 17.1 Å². The van der Waals surface area contributed by atoms with Gasteiger partial charge in [-0.2, -0.15) is 0 Å². The van der Waals surface area contributed by atoms with Crippen LogP contribution in [0.1, 0.15) is 0 Å². The highest BCUT2D eigenvalue weighted by Crippen LogP contribution is 2.44. The van der Waals surface area contributed by atoms with E-state index in [4.69, 9.17) is 0 Å². The lowest BCUT2D eigenvalue weighted by Gasteiger charge is -2.27. The molecule has 11 aromatic rings. The third-order valence-corrected chi connectivity index (χ3v) is 11.5. The number of anilines is 3. The van der Waals surface area contributed by atoms with Crippen LogP contribution >= 0.6 is 0 Å². The van der Waals surface area contributed by atoms with E-state index in [1.807, 2.05) is 0 Å². The summed E-state index contributed by atoms with van der Waals surface area (Å²) in [6.07, 6.45) is 0. The summed E-state index contributed by atoms with van der Waals surface area (Å²) in [5.41, 5.74) is 14.1. The summed E-state index contributed by atoms with van der Waals surface area (Å²) < 4.78 is 2.44. The zero-order valence-electron chi connectivity index (χ0n) is 31.8. The van der Waals surface area contributed by atoms with Crippen LogP contribution in [0.15, 0.2) is 231 Å². The van der Waals surface area contributed by atoms with Crippen LogP contribution < -0.4 is 4.90 Å². The standard InChI is InChI=1S/C56H38N2/c1-3-16-40(17-4-1)49-24-11-12-25-50(49)42-30-33-46(34-31-42)57(48-35-29-39-15-7-8-19-43(39)37-48)47-23-13-20-44(38-47)51-27-14-28-54-55(51)53-36-32-41-18-9-10-26-52(41)56(53)58(54)45-21-5-2-6-22-45/h1-38H. The second-order valence-corrected chi connectivity index (χ2v) is 14.9. The lowest BCUT2D eigenvalue weighted by Crippen LogP contribution is -2.10. The first kappa shape index (κ1) is 33.6. The zero-order valence-corrected chi connectivity index (χ0v) is 31.8. The van der Waals surface area contributed by atoms with Gasteiger partial charge in [0.15, 0.2) is 0 Å². The molecular weight excluding hydrogens is 701 g/mol. The predicted molar refractivity (Wildman–Crippen MR) is 247 cm³/mol. The first-order chi connectivity index (χ1) is 28.8. The minimum absolute atomic E-state index is 1.10. The normalized spacial score (nSPS) is 11.4. The zero-order chi connectivity index (χ0) is 38.4. The van der Waals surface area contributed by atoms with Crippen LogP contribution in [0.25, 0.3) is 82.4 Å². The molecule has 0 N–H and O–H groups in total. The van der Waals surface area contributed by atoms with Crippen LogP contribution in [-0.2, 0) is 0 Å². The van der Waals surface area contributed by atoms with E-state index in [1.54, 1.807) is 0 Å². The van der Waals surface area contributed by atoms with Gasteiger partial charge in [0.25, 0.3) is 0 Å². The Bertz CT molecular complexity index is 3270. The largest absolute Gasteiger partial charge is 0.310 e. The molecule has 0 amide bonds. The van der Waals surface area contributed by atoms with E-state index in [0.29, 0.717) is 0 Å². The molecule has 0 radical (unpaired) electrons. The number of fused-ring (bicyclic) bond motifs is 6. The number of para-hydroxylation sites is 1. The molecule has 0 fully saturated rings. The van der Waals surface area contributed by atoms with Gasteiger partial charge in [-0.25, -0.2) is 0 Å². The molecule has 1 heterocycles. The lowest BCUT2D eigenvalue weighted by molar-refractivity contribution is 1.19. The molecule has 0 aliphatic carbocycles. The monoisotopic (exact) mass is 738 g/mol. The number of aromatic nitrogens is 1. The van der Waals surface area contributed by atoms with Crippen LogP contribution in [0.3, 0.4) is 0 Å². The van der Waals surface area contributed by atoms with E-state index in [9.17, 15) is 0 Å². The van der Waals surface area contributed by atoms with Crippen molar-refractivity contribution in [1.82, 2.24) is 4.57 Å². The number of rotatable bonds is 7. The predicted octanol–water partition coefficient (Wildman–Crippen LogP) is 15.6. The average molecular weight is 739 g/mol. The summed E-state index contributed by atoms with van der Waals surface area (Å²) in [7, 11) is 0. The molecular formula is C56H38N2. The quantitative estimate of drug-likeness (QED) is 0.158.